The summed E-state index contributed by atoms with van der Waals surface area (Å²) in [6.07, 6.45) is 0. The summed E-state index contributed by atoms with van der Waals surface area (Å²) in [5.74, 6) is 0.507. The number of nitrogens with one attached hydrogen (secondary N) is 1. The lowest BCUT2D eigenvalue weighted by Crippen LogP contribution is -2.05. The molecule has 0 unspecified atom stereocenters. The van der Waals surface area contributed by atoms with Crippen LogP contribution < -0.4 is 10.2 Å². The second-order valence-electron chi connectivity index (χ2n) is 4.26. The molecule has 4 heteroatoms. The van der Waals surface area contributed by atoms with Crippen LogP contribution in [0.5, 0.6) is 5.88 Å². The minimum Gasteiger partial charge on any atom is -0.479 e. The van der Waals surface area contributed by atoms with Crippen LogP contribution in [0.1, 0.15) is 6.92 Å². The molecule has 0 saturated heterocycles. The van der Waals surface area contributed by atoms with Gasteiger partial charge in [0.1, 0.15) is 0 Å². The van der Waals surface area contributed by atoms with Crippen molar-refractivity contribution in [1.82, 2.24) is 4.98 Å². The summed E-state index contributed by atoms with van der Waals surface area (Å²) in [5, 5.41) is 2.74. The average Bonchev–Trinajstić information content (AvgIpc) is 2.41. The molecule has 19 heavy (non-hydrogen) atoms. The van der Waals surface area contributed by atoms with Crippen LogP contribution in [0.15, 0.2) is 45.7 Å². The number of halogens is 1. The van der Waals surface area contributed by atoms with Gasteiger partial charge in [-0.25, -0.2) is 0 Å². The molecule has 2 aromatic carbocycles. The largest absolute Gasteiger partial charge is 0.479 e. The molecular formula is C15H12BrNO2. The number of fused-ring (bicyclic) bond motifs is 3. The van der Waals surface area contributed by atoms with Gasteiger partial charge in [0, 0.05) is 21.3 Å². The van der Waals surface area contributed by atoms with Gasteiger partial charge < -0.3 is 9.72 Å². The first-order chi connectivity index (χ1) is 9.20. The number of hydrogen-bond acceptors (Lipinski definition) is 2. The quantitative estimate of drug-likeness (QED) is 0.730. The summed E-state index contributed by atoms with van der Waals surface area (Å²) in [7, 11) is 0. The van der Waals surface area contributed by atoms with Gasteiger partial charge >= 0.3 is 0 Å². The van der Waals surface area contributed by atoms with Crippen LogP contribution in [0.25, 0.3) is 21.7 Å². The van der Waals surface area contributed by atoms with Crippen LogP contribution in [0.2, 0.25) is 0 Å². The third-order valence-electron chi connectivity index (χ3n) is 3.07. The SMILES string of the molecule is CCOc1cc(=O)c2cc(Br)c3ccccc3c2[nH]1. The van der Waals surface area contributed by atoms with Crippen molar-refractivity contribution in [3.8, 4) is 5.88 Å². The molecule has 0 radical (unpaired) electrons. The summed E-state index contributed by atoms with van der Waals surface area (Å²) in [4.78, 5) is 15.3. The average molecular weight is 318 g/mol. The molecule has 1 N–H and O–H groups in total. The van der Waals surface area contributed by atoms with Crippen molar-refractivity contribution >= 4 is 37.6 Å². The number of ether oxygens (including phenoxy) is 1. The van der Waals surface area contributed by atoms with E-state index in [0.717, 1.165) is 20.8 Å². The predicted molar refractivity (Wildman–Crippen MR) is 80.9 cm³/mol. The Morgan fingerprint density at radius 2 is 1.89 bits per heavy atom. The van der Waals surface area contributed by atoms with Crippen LogP contribution in [-0.2, 0) is 0 Å². The minimum atomic E-state index is -0.0383. The van der Waals surface area contributed by atoms with E-state index in [-0.39, 0.29) is 5.43 Å². The van der Waals surface area contributed by atoms with E-state index >= 15 is 0 Å². The van der Waals surface area contributed by atoms with E-state index in [2.05, 4.69) is 20.9 Å². The molecular weight excluding hydrogens is 306 g/mol. The highest BCUT2D eigenvalue weighted by Crippen LogP contribution is 2.30. The molecule has 1 aromatic heterocycles. The number of H-pyrrole nitrogens is 1. The lowest BCUT2D eigenvalue weighted by Gasteiger charge is -2.09. The predicted octanol–water partition coefficient (Wildman–Crippen LogP) is 3.84. The highest BCUT2D eigenvalue weighted by molar-refractivity contribution is 9.10. The molecule has 1 heterocycles. The molecule has 0 fully saturated rings. The van der Waals surface area contributed by atoms with Crippen molar-refractivity contribution in [2.75, 3.05) is 6.61 Å². The number of pyridine rings is 1. The molecule has 3 nitrogen and oxygen atoms in total. The van der Waals surface area contributed by atoms with Crippen LogP contribution >= 0.6 is 15.9 Å². The van der Waals surface area contributed by atoms with Gasteiger partial charge in [-0.1, -0.05) is 40.2 Å². The van der Waals surface area contributed by atoms with Crippen LogP contribution in [0.3, 0.4) is 0 Å². The molecule has 0 bridgehead atoms. The lowest BCUT2D eigenvalue weighted by molar-refractivity contribution is 0.328. The maximum atomic E-state index is 12.1. The van der Waals surface area contributed by atoms with Crippen molar-refractivity contribution in [2.45, 2.75) is 6.92 Å². The highest BCUT2D eigenvalue weighted by Gasteiger charge is 2.09. The van der Waals surface area contributed by atoms with Crippen molar-refractivity contribution in [1.29, 1.82) is 0 Å². The van der Waals surface area contributed by atoms with Gasteiger partial charge in [0.25, 0.3) is 0 Å². The fraction of sp³-hybridized carbons (Fsp3) is 0.133. The Morgan fingerprint density at radius 3 is 2.63 bits per heavy atom. The van der Waals surface area contributed by atoms with Crippen molar-refractivity contribution < 1.29 is 4.74 Å². The number of aromatic amines is 1. The van der Waals surface area contributed by atoms with E-state index in [0.29, 0.717) is 17.9 Å². The summed E-state index contributed by atoms with van der Waals surface area (Å²) in [6, 6.07) is 11.3. The second-order valence-corrected chi connectivity index (χ2v) is 5.11. The standard InChI is InChI=1S/C15H12BrNO2/c1-2-19-14-8-13(18)11-7-12(16)9-5-3-4-6-10(9)15(11)17-14/h3-8H,2H2,1H3,(H,17,18). The number of hydrogen-bond donors (Lipinski definition) is 1. The molecule has 0 aliphatic heterocycles. The second kappa shape index (κ2) is 4.70. The zero-order chi connectivity index (χ0) is 13.4. The summed E-state index contributed by atoms with van der Waals surface area (Å²) >= 11 is 3.52. The highest BCUT2D eigenvalue weighted by atomic mass is 79.9. The van der Waals surface area contributed by atoms with E-state index in [1.807, 2.05) is 37.3 Å². The van der Waals surface area contributed by atoms with Crippen LogP contribution in [-0.4, -0.2) is 11.6 Å². The summed E-state index contributed by atoms with van der Waals surface area (Å²) < 4.78 is 6.33. The molecule has 3 aromatic rings. The molecule has 0 saturated carbocycles. The number of benzene rings is 2. The van der Waals surface area contributed by atoms with Gasteiger partial charge in [-0.2, -0.15) is 0 Å². The van der Waals surface area contributed by atoms with Crippen LogP contribution in [0.4, 0.5) is 0 Å². The normalized spacial score (nSPS) is 11.1. The molecule has 0 aliphatic carbocycles. The third-order valence-corrected chi connectivity index (χ3v) is 3.73. The van der Waals surface area contributed by atoms with Gasteiger partial charge in [-0.15, -0.1) is 0 Å². The Morgan fingerprint density at radius 1 is 1.16 bits per heavy atom. The molecule has 96 valence electrons. The Hall–Kier alpha value is -1.81. The lowest BCUT2D eigenvalue weighted by atomic mass is 10.1. The smallest absolute Gasteiger partial charge is 0.195 e. The molecule has 0 amide bonds. The van der Waals surface area contributed by atoms with Crippen molar-refractivity contribution in [3.05, 3.63) is 51.1 Å². The Balaban J connectivity index is 2.48. The van der Waals surface area contributed by atoms with Gasteiger partial charge in [-0.05, 0) is 18.4 Å². The van der Waals surface area contributed by atoms with E-state index in [1.54, 1.807) is 0 Å². The molecule has 0 atom stereocenters. The Kier molecular flexibility index (Phi) is 3.03. The zero-order valence-electron chi connectivity index (χ0n) is 10.4. The van der Waals surface area contributed by atoms with E-state index in [4.69, 9.17) is 4.74 Å². The Bertz CT molecular complexity index is 823. The molecule has 0 aliphatic rings. The van der Waals surface area contributed by atoms with E-state index < -0.39 is 0 Å². The topological polar surface area (TPSA) is 42.1 Å². The van der Waals surface area contributed by atoms with Gasteiger partial charge in [0.15, 0.2) is 11.3 Å². The fourth-order valence-electron chi connectivity index (χ4n) is 2.25. The van der Waals surface area contributed by atoms with Gasteiger partial charge in [0.05, 0.1) is 12.1 Å². The third kappa shape index (κ3) is 2.02. The Labute approximate surface area is 118 Å². The van der Waals surface area contributed by atoms with Gasteiger partial charge in [-0.3, -0.25) is 4.79 Å². The number of aromatic nitrogens is 1. The summed E-state index contributed by atoms with van der Waals surface area (Å²) in [6.45, 7) is 2.41. The van der Waals surface area contributed by atoms with Crippen molar-refractivity contribution in [2.24, 2.45) is 0 Å². The van der Waals surface area contributed by atoms with Gasteiger partial charge in [0.2, 0.25) is 0 Å². The maximum absolute atomic E-state index is 12.1. The monoisotopic (exact) mass is 317 g/mol. The first kappa shape index (κ1) is 12.2. The van der Waals surface area contributed by atoms with E-state index in [1.165, 1.54) is 6.07 Å². The number of rotatable bonds is 2. The zero-order valence-corrected chi connectivity index (χ0v) is 12.0. The van der Waals surface area contributed by atoms with Crippen LogP contribution in [0, 0.1) is 0 Å². The summed E-state index contributed by atoms with van der Waals surface area (Å²) in [5.41, 5.74) is 0.776. The first-order valence-electron chi connectivity index (χ1n) is 6.08. The maximum Gasteiger partial charge on any atom is 0.195 e. The molecule has 3 rings (SSSR count). The first-order valence-corrected chi connectivity index (χ1v) is 6.87. The fourth-order valence-corrected chi connectivity index (χ4v) is 2.82. The van der Waals surface area contributed by atoms with E-state index in [9.17, 15) is 4.79 Å². The molecule has 0 spiro atoms. The van der Waals surface area contributed by atoms with Crippen molar-refractivity contribution in [3.63, 3.8) is 0 Å². The minimum absolute atomic E-state index is 0.0383.